The molecule has 234 valence electrons. The van der Waals surface area contributed by atoms with Crippen molar-refractivity contribution < 1.29 is 23.9 Å². The third kappa shape index (κ3) is 8.22. The lowest BCUT2D eigenvalue weighted by Gasteiger charge is -2.34. The monoisotopic (exact) mass is 602 g/mol. The minimum atomic E-state index is -0.700. The highest BCUT2D eigenvalue weighted by atomic mass is 16.7. The zero-order chi connectivity index (χ0) is 30.9. The molecule has 11 nitrogen and oxygen atoms in total. The largest absolute Gasteiger partial charge is 0.488 e. The number of carbonyl (C=O) groups is 2. The number of nitrogens with one attached hydrogen (secondary N) is 1. The highest BCUT2D eigenvalue weighted by molar-refractivity contribution is 5.92. The van der Waals surface area contributed by atoms with Gasteiger partial charge in [0.1, 0.15) is 11.9 Å². The van der Waals surface area contributed by atoms with Crippen molar-refractivity contribution in [1.29, 1.82) is 0 Å². The van der Waals surface area contributed by atoms with E-state index < -0.39 is 5.41 Å². The number of hydroxylamine groups is 2. The van der Waals surface area contributed by atoms with Crippen LogP contribution < -0.4 is 19.7 Å². The smallest absolute Gasteiger partial charge is 0.330 e. The number of pyridine rings is 1. The molecule has 3 aromatic rings. The van der Waals surface area contributed by atoms with Crippen molar-refractivity contribution in [3.05, 3.63) is 66.6 Å². The zero-order valence-corrected chi connectivity index (χ0v) is 25.8. The highest BCUT2D eigenvalue weighted by Gasteiger charge is 2.34. The summed E-state index contributed by atoms with van der Waals surface area (Å²) in [6.07, 6.45) is 8.66. The van der Waals surface area contributed by atoms with Gasteiger partial charge in [0, 0.05) is 25.8 Å². The molecule has 0 unspecified atom stereocenters. The Morgan fingerprint density at radius 2 is 1.84 bits per heavy atom. The fraction of sp³-hybridized carbons (Fsp3) is 0.485. The Bertz CT molecular complexity index is 1400. The Kier molecular flexibility index (Phi) is 10.3. The van der Waals surface area contributed by atoms with Gasteiger partial charge in [0.2, 0.25) is 5.91 Å². The van der Waals surface area contributed by atoms with Crippen LogP contribution in [0, 0.1) is 11.3 Å². The number of nitrogens with zero attached hydrogens (tertiary/aromatic N) is 5. The van der Waals surface area contributed by atoms with E-state index in [0.29, 0.717) is 62.3 Å². The van der Waals surface area contributed by atoms with Crippen molar-refractivity contribution in [2.75, 3.05) is 43.0 Å². The maximum Gasteiger partial charge on any atom is 0.330 e. The number of hydrogen-bond acceptors (Lipinski definition) is 10. The SMILES string of the molecule is CCOc1cccnc1O[C@@H]1CCCN(c2cncc(NC(=O)[C@@H]3CCCN(OC(=O)C(C)(C)Cc4ccccc4)C3)n2)C1. The van der Waals surface area contributed by atoms with Gasteiger partial charge >= 0.3 is 5.97 Å². The zero-order valence-electron chi connectivity index (χ0n) is 25.8. The van der Waals surface area contributed by atoms with E-state index in [0.717, 1.165) is 31.4 Å². The lowest BCUT2D eigenvalue weighted by molar-refractivity contribution is -0.208. The quantitative estimate of drug-likeness (QED) is 0.331. The minimum absolute atomic E-state index is 0.0912. The molecule has 0 spiro atoms. The van der Waals surface area contributed by atoms with E-state index in [1.807, 2.05) is 63.2 Å². The summed E-state index contributed by atoms with van der Waals surface area (Å²) < 4.78 is 11.9. The van der Waals surface area contributed by atoms with Crippen LogP contribution in [-0.4, -0.2) is 70.8 Å². The van der Waals surface area contributed by atoms with Crippen LogP contribution in [0.1, 0.15) is 52.0 Å². The van der Waals surface area contributed by atoms with Gasteiger partial charge in [-0.05, 0) is 70.6 Å². The van der Waals surface area contributed by atoms with E-state index in [9.17, 15) is 9.59 Å². The number of amides is 1. The van der Waals surface area contributed by atoms with Gasteiger partial charge in [-0.25, -0.2) is 14.8 Å². The normalized spacial score (nSPS) is 19.2. The molecule has 1 aromatic carbocycles. The van der Waals surface area contributed by atoms with Crippen LogP contribution in [0.4, 0.5) is 11.6 Å². The van der Waals surface area contributed by atoms with E-state index in [4.69, 9.17) is 19.3 Å². The predicted molar refractivity (Wildman–Crippen MR) is 166 cm³/mol. The van der Waals surface area contributed by atoms with Gasteiger partial charge in [0.05, 0.1) is 36.9 Å². The predicted octanol–water partition coefficient (Wildman–Crippen LogP) is 4.70. The summed E-state index contributed by atoms with van der Waals surface area (Å²) in [5.74, 6) is 1.36. The molecular formula is C33H42N6O5. The standard InChI is InChI=1S/C33H42N6O5/c1-4-42-27-15-8-16-35-31(27)43-26-14-10-17-38(23-26)29-21-34-20-28(36-29)37-30(40)25-13-9-18-39(22-25)44-32(41)33(2,3)19-24-11-6-5-7-12-24/h5-8,11-12,15-16,20-21,25-26H,4,9-10,13-14,17-19,22-23H2,1-3H3,(H,36,37,40)/t25-,26-/m1/s1. The number of ether oxygens (including phenoxy) is 2. The first-order chi connectivity index (χ1) is 21.3. The van der Waals surface area contributed by atoms with Crippen molar-refractivity contribution >= 4 is 23.5 Å². The van der Waals surface area contributed by atoms with Gasteiger partial charge in [-0.1, -0.05) is 30.3 Å². The first kappa shape index (κ1) is 31.2. The summed E-state index contributed by atoms with van der Waals surface area (Å²) in [6.45, 7) is 8.56. The molecule has 1 amide bonds. The lowest BCUT2D eigenvalue weighted by Crippen LogP contribution is -2.44. The Hall–Kier alpha value is -4.25. The fourth-order valence-corrected chi connectivity index (χ4v) is 5.59. The Labute approximate surface area is 258 Å². The van der Waals surface area contributed by atoms with Crippen LogP contribution in [0.15, 0.2) is 61.1 Å². The fourth-order valence-electron chi connectivity index (χ4n) is 5.59. The molecule has 2 atom stereocenters. The van der Waals surface area contributed by atoms with Crippen LogP contribution in [0.3, 0.4) is 0 Å². The van der Waals surface area contributed by atoms with Crippen molar-refractivity contribution in [3.63, 3.8) is 0 Å². The van der Waals surface area contributed by atoms with E-state index in [1.165, 1.54) is 0 Å². The number of aromatic nitrogens is 3. The topological polar surface area (TPSA) is 119 Å². The number of anilines is 2. The number of carbonyl (C=O) groups excluding carboxylic acids is 2. The summed E-state index contributed by atoms with van der Waals surface area (Å²) in [4.78, 5) is 47.6. The van der Waals surface area contributed by atoms with Crippen LogP contribution in [-0.2, 0) is 20.8 Å². The number of rotatable bonds is 11. The van der Waals surface area contributed by atoms with Crippen LogP contribution in [0.25, 0.3) is 0 Å². The first-order valence-electron chi connectivity index (χ1n) is 15.4. The third-order valence-corrected chi connectivity index (χ3v) is 7.90. The molecule has 0 bridgehead atoms. The van der Waals surface area contributed by atoms with Crippen LogP contribution in [0.2, 0.25) is 0 Å². The number of piperidine rings is 2. The third-order valence-electron chi connectivity index (χ3n) is 7.90. The van der Waals surface area contributed by atoms with E-state index >= 15 is 0 Å². The highest BCUT2D eigenvalue weighted by Crippen LogP contribution is 2.29. The van der Waals surface area contributed by atoms with Crippen LogP contribution >= 0.6 is 0 Å². The molecule has 0 aliphatic carbocycles. The summed E-state index contributed by atoms with van der Waals surface area (Å²) in [6, 6.07) is 13.6. The molecule has 0 radical (unpaired) electrons. The van der Waals surface area contributed by atoms with Crippen molar-refractivity contribution in [2.24, 2.45) is 11.3 Å². The summed E-state index contributed by atoms with van der Waals surface area (Å²) in [7, 11) is 0. The van der Waals surface area contributed by atoms with Crippen molar-refractivity contribution in [1.82, 2.24) is 20.0 Å². The van der Waals surface area contributed by atoms with Crippen molar-refractivity contribution in [3.8, 4) is 11.6 Å². The molecule has 44 heavy (non-hydrogen) atoms. The Balaban J connectivity index is 1.15. The Morgan fingerprint density at radius 3 is 2.66 bits per heavy atom. The van der Waals surface area contributed by atoms with Gasteiger partial charge < -0.3 is 24.5 Å². The minimum Gasteiger partial charge on any atom is -0.488 e. The summed E-state index contributed by atoms with van der Waals surface area (Å²) in [5.41, 5.74) is 0.374. The average molecular weight is 603 g/mol. The number of benzene rings is 1. The van der Waals surface area contributed by atoms with Gasteiger partial charge in [0.25, 0.3) is 5.88 Å². The molecule has 11 heteroatoms. The summed E-state index contributed by atoms with van der Waals surface area (Å²) >= 11 is 0. The molecule has 2 saturated heterocycles. The van der Waals surface area contributed by atoms with Gasteiger partial charge in [-0.15, -0.1) is 5.06 Å². The molecule has 1 N–H and O–H groups in total. The molecule has 5 rings (SSSR count). The van der Waals surface area contributed by atoms with Gasteiger partial charge in [-0.2, -0.15) is 0 Å². The van der Waals surface area contributed by atoms with Crippen LogP contribution in [0.5, 0.6) is 11.6 Å². The van der Waals surface area contributed by atoms with Gasteiger partial charge in [0.15, 0.2) is 11.6 Å². The lowest BCUT2D eigenvalue weighted by atomic mass is 9.86. The number of hydrogen-bond donors (Lipinski definition) is 1. The van der Waals surface area contributed by atoms with E-state index in [2.05, 4.69) is 20.2 Å². The van der Waals surface area contributed by atoms with E-state index in [1.54, 1.807) is 23.7 Å². The van der Waals surface area contributed by atoms with Crippen molar-refractivity contribution in [2.45, 2.75) is 59.0 Å². The Morgan fingerprint density at radius 1 is 1.02 bits per heavy atom. The average Bonchev–Trinajstić information content (AvgIpc) is 3.03. The van der Waals surface area contributed by atoms with E-state index in [-0.39, 0.29) is 23.9 Å². The molecule has 2 aliphatic heterocycles. The molecule has 0 saturated carbocycles. The second-order valence-electron chi connectivity index (χ2n) is 12.0. The first-order valence-corrected chi connectivity index (χ1v) is 15.4. The molecule has 2 fully saturated rings. The maximum atomic E-state index is 13.3. The maximum absolute atomic E-state index is 13.3. The molecule has 4 heterocycles. The molecular weight excluding hydrogens is 560 g/mol. The molecule has 2 aromatic heterocycles. The molecule has 2 aliphatic rings. The second kappa shape index (κ2) is 14.5. The second-order valence-corrected chi connectivity index (χ2v) is 12.0. The van der Waals surface area contributed by atoms with Gasteiger partial charge in [-0.3, -0.25) is 9.78 Å². The summed E-state index contributed by atoms with van der Waals surface area (Å²) in [5, 5.41) is 4.56.